The Hall–Kier alpha value is -0.320. The fourth-order valence-corrected chi connectivity index (χ4v) is 0.966. The van der Waals surface area contributed by atoms with Crippen molar-refractivity contribution < 1.29 is 22.3 Å². The summed E-state index contributed by atoms with van der Waals surface area (Å²) in [4.78, 5) is 0. The maximum Gasteiger partial charge on any atom is 0.335 e. The Labute approximate surface area is 61.3 Å². The molecule has 0 bridgehead atoms. The van der Waals surface area contributed by atoms with Gasteiger partial charge in [0.2, 0.25) is 0 Å². The summed E-state index contributed by atoms with van der Waals surface area (Å²) in [6.07, 6.45) is -2.46. The summed E-state index contributed by atoms with van der Waals surface area (Å²) in [5.74, 6) is -7.84. The van der Waals surface area contributed by atoms with E-state index >= 15 is 0 Å². The van der Waals surface area contributed by atoms with E-state index in [0.29, 0.717) is 0 Å². The number of alkyl halides is 4. The van der Waals surface area contributed by atoms with E-state index in [9.17, 15) is 17.6 Å². The predicted molar refractivity (Wildman–Crippen MR) is 29.9 cm³/mol. The minimum Gasteiger partial charge on any atom is -0.372 e. The quantitative estimate of drug-likeness (QED) is 0.579. The molecule has 0 amide bonds. The van der Waals surface area contributed by atoms with Crippen LogP contribution in [0.15, 0.2) is 0 Å². The van der Waals surface area contributed by atoms with Crippen LogP contribution in [0.3, 0.4) is 0 Å². The zero-order valence-electron chi connectivity index (χ0n) is 5.91. The zero-order chi connectivity index (χ0) is 8.70. The molecule has 1 fully saturated rings. The summed E-state index contributed by atoms with van der Waals surface area (Å²) in [7, 11) is 0. The van der Waals surface area contributed by atoms with Crippen molar-refractivity contribution in [2.75, 3.05) is 6.61 Å². The molecule has 0 aromatic carbocycles. The number of hydrogen-bond acceptors (Lipinski definition) is 1. The van der Waals surface area contributed by atoms with Gasteiger partial charge in [0, 0.05) is 6.61 Å². The lowest BCUT2D eigenvalue weighted by molar-refractivity contribution is -0.340. The largest absolute Gasteiger partial charge is 0.372 e. The van der Waals surface area contributed by atoms with Crippen LogP contribution in [-0.2, 0) is 4.74 Å². The molecule has 0 aliphatic heterocycles. The summed E-state index contributed by atoms with van der Waals surface area (Å²) < 4.78 is 53.1. The molecule has 0 spiro atoms. The van der Waals surface area contributed by atoms with Gasteiger partial charge in [-0.1, -0.05) is 0 Å². The number of ether oxygens (including phenoxy) is 1. The molecule has 1 atom stereocenters. The monoisotopic (exact) mass is 172 g/mol. The van der Waals surface area contributed by atoms with Gasteiger partial charge < -0.3 is 4.74 Å². The zero-order valence-corrected chi connectivity index (χ0v) is 5.91. The second-order valence-corrected chi connectivity index (χ2v) is 2.48. The van der Waals surface area contributed by atoms with Gasteiger partial charge in [-0.15, -0.1) is 0 Å². The van der Waals surface area contributed by atoms with Crippen molar-refractivity contribution in [1.29, 1.82) is 0 Å². The fourth-order valence-electron chi connectivity index (χ4n) is 0.966. The van der Waals surface area contributed by atoms with Crippen LogP contribution in [-0.4, -0.2) is 24.6 Å². The van der Waals surface area contributed by atoms with Crippen LogP contribution in [0.2, 0.25) is 0 Å². The Kier molecular flexibility index (Phi) is 1.86. The maximum absolute atomic E-state index is 12.3. The molecule has 66 valence electrons. The molecule has 1 aliphatic rings. The van der Waals surface area contributed by atoms with Gasteiger partial charge >= 0.3 is 11.8 Å². The topological polar surface area (TPSA) is 9.23 Å². The Morgan fingerprint density at radius 3 is 2.18 bits per heavy atom. The van der Waals surface area contributed by atoms with Crippen molar-refractivity contribution in [2.45, 2.75) is 31.3 Å². The first-order chi connectivity index (χ1) is 4.92. The van der Waals surface area contributed by atoms with Crippen molar-refractivity contribution in [3.63, 3.8) is 0 Å². The summed E-state index contributed by atoms with van der Waals surface area (Å²) in [6.45, 7) is 1.53. The highest BCUT2D eigenvalue weighted by atomic mass is 19.3. The second kappa shape index (κ2) is 2.33. The van der Waals surface area contributed by atoms with Crippen molar-refractivity contribution in [2.24, 2.45) is 0 Å². The summed E-state index contributed by atoms with van der Waals surface area (Å²) in [5.41, 5.74) is 0. The highest BCUT2D eigenvalue weighted by Crippen LogP contribution is 2.52. The van der Waals surface area contributed by atoms with Gasteiger partial charge in [0.25, 0.3) is 0 Å². The molecule has 0 aromatic heterocycles. The van der Waals surface area contributed by atoms with E-state index in [1.165, 1.54) is 6.92 Å². The van der Waals surface area contributed by atoms with Crippen LogP contribution in [0.5, 0.6) is 0 Å². The van der Waals surface area contributed by atoms with E-state index < -0.39 is 24.4 Å². The molecule has 1 aliphatic carbocycles. The summed E-state index contributed by atoms with van der Waals surface area (Å²) in [5, 5.41) is 0. The third-order valence-corrected chi connectivity index (χ3v) is 1.70. The van der Waals surface area contributed by atoms with E-state index in [1.54, 1.807) is 0 Å². The van der Waals surface area contributed by atoms with Gasteiger partial charge in [0.1, 0.15) is 6.10 Å². The molecule has 5 heteroatoms. The Morgan fingerprint density at radius 1 is 1.36 bits per heavy atom. The van der Waals surface area contributed by atoms with E-state index in [1.807, 2.05) is 0 Å². The van der Waals surface area contributed by atoms with Crippen LogP contribution < -0.4 is 0 Å². The molecule has 1 nitrogen and oxygen atoms in total. The van der Waals surface area contributed by atoms with Gasteiger partial charge in [-0.05, 0) is 6.92 Å². The van der Waals surface area contributed by atoms with E-state index in [4.69, 9.17) is 0 Å². The van der Waals surface area contributed by atoms with Gasteiger partial charge in [-0.25, -0.2) is 0 Å². The molecule has 0 radical (unpaired) electrons. The fraction of sp³-hybridized carbons (Fsp3) is 1.00. The van der Waals surface area contributed by atoms with Crippen LogP contribution >= 0.6 is 0 Å². The molecular formula is C6H8F4O. The van der Waals surface area contributed by atoms with Crippen LogP contribution in [0.25, 0.3) is 0 Å². The normalized spacial score (nSPS) is 33.0. The van der Waals surface area contributed by atoms with Gasteiger partial charge in [-0.2, -0.15) is 17.6 Å². The lowest BCUT2D eigenvalue weighted by Crippen LogP contribution is -2.63. The molecule has 0 heterocycles. The molecule has 0 aromatic rings. The number of halogens is 4. The average Bonchev–Trinajstić information content (AvgIpc) is 1.87. The molecule has 0 saturated heterocycles. The van der Waals surface area contributed by atoms with Gasteiger partial charge in [0.15, 0.2) is 0 Å². The lowest BCUT2D eigenvalue weighted by atomic mass is 9.85. The highest BCUT2D eigenvalue weighted by Gasteiger charge is 2.72. The first kappa shape index (κ1) is 8.77. The van der Waals surface area contributed by atoms with E-state index in [2.05, 4.69) is 4.74 Å². The number of rotatable bonds is 2. The van der Waals surface area contributed by atoms with Gasteiger partial charge in [0.05, 0.1) is 6.42 Å². The third-order valence-electron chi connectivity index (χ3n) is 1.70. The summed E-state index contributed by atoms with van der Waals surface area (Å²) in [6, 6.07) is 0. The molecule has 11 heavy (non-hydrogen) atoms. The smallest absolute Gasteiger partial charge is 0.335 e. The minimum atomic E-state index is -3.97. The molecule has 0 N–H and O–H groups in total. The van der Waals surface area contributed by atoms with Crippen LogP contribution in [0, 0.1) is 0 Å². The van der Waals surface area contributed by atoms with E-state index in [-0.39, 0.29) is 6.61 Å². The first-order valence-electron chi connectivity index (χ1n) is 3.29. The predicted octanol–water partition coefficient (Wildman–Crippen LogP) is 2.07. The Morgan fingerprint density at radius 2 is 1.91 bits per heavy atom. The average molecular weight is 172 g/mol. The third kappa shape index (κ3) is 1.11. The Balaban J connectivity index is 2.54. The van der Waals surface area contributed by atoms with Crippen molar-refractivity contribution in [3.05, 3.63) is 0 Å². The Bertz CT molecular complexity index is 157. The SMILES string of the molecule is CCO[C@H]1CC(F)(F)C1(F)F. The van der Waals surface area contributed by atoms with E-state index in [0.717, 1.165) is 0 Å². The second-order valence-electron chi connectivity index (χ2n) is 2.48. The molecule has 1 rings (SSSR count). The van der Waals surface area contributed by atoms with Crippen molar-refractivity contribution >= 4 is 0 Å². The molecular weight excluding hydrogens is 164 g/mol. The standard InChI is InChI=1S/C6H8F4O/c1-2-11-4-3-5(7,8)6(4,9)10/h4H,2-3H2,1H3/t4-/m0/s1. The number of hydrogen-bond donors (Lipinski definition) is 0. The van der Waals surface area contributed by atoms with Gasteiger partial charge in [-0.3, -0.25) is 0 Å². The molecule has 0 unspecified atom stereocenters. The van der Waals surface area contributed by atoms with Crippen LogP contribution in [0.1, 0.15) is 13.3 Å². The van der Waals surface area contributed by atoms with Crippen LogP contribution in [0.4, 0.5) is 17.6 Å². The van der Waals surface area contributed by atoms with Crippen molar-refractivity contribution in [3.8, 4) is 0 Å². The summed E-state index contributed by atoms with van der Waals surface area (Å²) >= 11 is 0. The lowest BCUT2D eigenvalue weighted by Gasteiger charge is -2.42. The maximum atomic E-state index is 12.3. The minimum absolute atomic E-state index is 0.0380. The highest BCUT2D eigenvalue weighted by molar-refractivity contribution is 5.04. The van der Waals surface area contributed by atoms with Crippen molar-refractivity contribution in [1.82, 2.24) is 0 Å². The first-order valence-corrected chi connectivity index (χ1v) is 3.29. The molecule has 1 saturated carbocycles.